The first-order valence-electron chi connectivity index (χ1n) is 5.41. The van der Waals surface area contributed by atoms with E-state index in [1.807, 2.05) is 6.92 Å². The topological polar surface area (TPSA) is 29.1 Å². The van der Waals surface area contributed by atoms with Crippen LogP contribution in [0.1, 0.15) is 46.5 Å². The lowest BCUT2D eigenvalue weighted by molar-refractivity contribution is -0.121. The number of amides is 1. The summed E-state index contributed by atoms with van der Waals surface area (Å²) < 4.78 is 0. The van der Waals surface area contributed by atoms with E-state index in [-0.39, 0.29) is 5.91 Å². The molecule has 2 heteroatoms. The van der Waals surface area contributed by atoms with Gasteiger partial charge in [-0.05, 0) is 31.1 Å². The van der Waals surface area contributed by atoms with Gasteiger partial charge in [0.1, 0.15) is 0 Å². The van der Waals surface area contributed by atoms with E-state index in [9.17, 15) is 4.79 Å². The van der Waals surface area contributed by atoms with Crippen LogP contribution in [-0.4, -0.2) is 11.9 Å². The van der Waals surface area contributed by atoms with E-state index in [0.717, 1.165) is 24.7 Å². The van der Waals surface area contributed by atoms with Gasteiger partial charge in [-0.1, -0.05) is 20.8 Å². The minimum Gasteiger partial charge on any atom is -0.353 e. The molecule has 0 aromatic carbocycles. The second-order valence-corrected chi connectivity index (χ2v) is 4.54. The maximum atomic E-state index is 11.2. The molecule has 2 unspecified atom stereocenters. The fourth-order valence-electron chi connectivity index (χ4n) is 2.39. The van der Waals surface area contributed by atoms with E-state index in [4.69, 9.17) is 0 Å². The summed E-state index contributed by atoms with van der Waals surface area (Å²) in [4.78, 5) is 11.2. The Morgan fingerprint density at radius 2 is 1.77 bits per heavy atom. The van der Waals surface area contributed by atoms with Crippen LogP contribution in [0.15, 0.2) is 0 Å². The molecule has 1 amide bonds. The molecule has 1 aliphatic carbocycles. The largest absolute Gasteiger partial charge is 0.353 e. The number of rotatable bonds is 2. The van der Waals surface area contributed by atoms with Crippen LogP contribution >= 0.6 is 0 Å². The molecule has 0 aromatic heterocycles. The number of nitrogens with one attached hydrogen (secondary N) is 1. The first kappa shape index (κ1) is 10.6. The second-order valence-electron chi connectivity index (χ2n) is 4.54. The van der Waals surface area contributed by atoms with Crippen LogP contribution in [0.5, 0.6) is 0 Å². The third-order valence-electron chi connectivity index (χ3n) is 2.86. The van der Waals surface area contributed by atoms with Gasteiger partial charge >= 0.3 is 0 Å². The zero-order chi connectivity index (χ0) is 9.84. The summed E-state index contributed by atoms with van der Waals surface area (Å²) in [7, 11) is 0. The van der Waals surface area contributed by atoms with Crippen molar-refractivity contribution in [2.75, 3.05) is 0 Å². The lowest BCUT2D eigenvalue weighted by Gasteiger charge is -2.31. The number of hydrogen-bond donors (Lipinski definition) is 1. The van der Waals surface area contributed by atoms with Gasteiger partial charge in [-0.3, -0.25) is 4.79 Å². The molecule has 0 heterocycles. The number of hydrogen-bond acceptors (Lipinski definition) is 1. The van der Waals surface area contributed by atoms with Crippen LogP contribution in [0.2, 0.25) is 0 Å². The molecule has 0 saturated heterocycles. The molecule has 1 N–H and O–H groups in total. The van der Waals surface area contributed by atoms with E-state index in [2.05, 4.69) is 19.2 Å². The van der Waals surface area contributed by atoms with Gasteiger partial charge in [-0.25, -0.2) is 0 Å². The van der Waals surface area contributed by atoms with Gasteiger partial charge in [0.25, 0.3) is 0 Å². The van der Waals surface area contributed by atoms with Crippen molar-refractivity contribution in [3.8, 4) is 0 Å². The maximum Gasteiger partial charge on any atom is 0.219 e. The van der Waals surface area contributed by atoms with Crippen molar-refractivity contribution in [2.45, 2.75) is 52.5 Å². The van der Waals surface area contributed by atoms with Crippen LogP contribution in [0.4, 0.5) is 0 Å². The van der Waals surface area contributed by atoms with Crippen molar-refractivity contribution in [2.24, 2.45) is 11.8 Å². The van der Waals surface area contributed by atoms with E-state index >= 15 is 0 Å². The van der Waals surface area contributed by atoms with Gasteiger partial charge in [-0.15, -0.1) is 0 Å². The first-order valence-corrected chi connectivity index (χ1v) is 5.41. The summed E-state index contributed by atoms with van der Waals surface area (Å²) in [5.41, 5.74) is 0. The highest BCUT2D eigenvalue weighted by molar-refractivity contribution is 5.75. The van der Waals surface area contributed by atoms with Gasteiger partial charge in [0.05, 0.1) is 0 Å². The molecule has 0 aromatic rings. The van der Waals surface area contributed by atoms with Crippen molar-refractivity contribution >= 4 is 5.91 Å². The predicted octanol–water partition coefficient (Wildman–Crippen LogP) is 2.34. The summed E-state index contributed by atoms with van der Waals surface area (Å²) in [6, 6.07) is 0.436. The lowest BCUT2D eigenvalue weighted by Crippen LogP contribution is -2.39. The summed E-state index contributed by atoms with van der Waals surface area (Å²) in [5, 5.41) is 3.09. The van der Waals surface area contributed by atoms with Crippen molar-refractivity contribution in [3.05, 3.63) is 0 Å². The summed E-state index contributed by atoms with van der Waals surface area (Å²) in [5.74, 6) is 1.74. The number of carbonyl (C=O) groups is 1. The molecule has 0 radical (unpaired) electrons. The Morgan fingerprint density at radius 3 is 2.23 bits per heavy atom. The van der Waals surface area contributed by atoms with Gasteiger partial charge in [0, 0.05) is 12.5 Å². The van der Waals surface area contributed by atoms with Crippen LogP contribution < -0.4 is 5.32 Å². The van der Waals surface area contributed by atoms with E-state index in [0.29, 0.717) is 12.5 Å². The average Bonchev–Trinajstić information content (AvgIpc) is 2.02. The third-order valence-corrected chi connectivity index (χ3v) is 2.86. The standard InChI is InChI=1S/C11H21NO/c1-4-11(13)12-10-6-8(2)5-9(3)7-10/h8-10H,4-7H2,1-3H3,(H,12,13). The molecule has 2 nitrogen and oxygen atoms in total. The number of carbonyl (C=O) groups excluding carboxylic acids is 1. The Labute approximate surface area is 81.1 Å². The maximum absolute atomic E-state index is 11.2. The highest BCUT2D eigenvalue weighted by atomic mass is 16.1. The van der Waals surface area contributed by atoms with Gasteiger partial charge in [0.15, 0.2) is 0 Å². The monoisotopic (exact) mass is 183 g/mol. The molecule has 2 atom stereocenters. The fraction of sp³-hybridized carbons (Fsp3) is 0.909. The lowest BCUT2D eigenvalue weighted by atomic mass is 9.80. The molecule has 0 spiro atoms. The smallest absolute Gasteiger partial charge is 0.219 e. The predicted molar refractivity (Wildman–Crippen MR) is 54.4 cm³/mol. The molecule has 76 valence electrons. The Morgan fingerprint density at radius 1 is 1.23 bits per heavy atom. The fourth-order valence-corrected chi connectivity index (χ4v) is 2.39. The van der Waals surface area contributed by atoms with Crippen molar-refractivity contribution in [3.63, 3.8) is 0 Å². The second kappa shape index (κ2) is 4.64. The Hall–Kier alpha value is -0.530. The highest BCUT2D eigenvalue weighted by Gasteiger charge is 2.24. The van der Waals surface area contributed by atoms with Crippen LogP contribution in [0, 0.1) is 11.8 Å². The van der Waals surface area contributed by atoms with Crippen LogP contribution in [0.3, 0.4) is 0 Å². The molecule has 1 rings (SSSR count). The summed E-state index contributed by atoms with van der Waals surface area (Å²) in [6.45, 7) is 6.46. The van der Waals surface area contributed by atoms with Crippen LogP contribution in [-0.2, 0) is 4.79 Å². The molecule has 1 saturated carbocycles. The molecule has 1 fully saturated rings. The summed E-state index contributed by atoms with van der Waals surface area (Å²) >= 11 is 0. The minimum atomic E-state index is 0.200. The van der Waals surface area contributed by atoms with Crippen molar-refractivity contribution in [1.29, 1.82) is 0 Å². The third kappa shape index (κ3) is 3.37. The SMILES string of the molecule is CCC(=O)NC1CC(C)CC(C)C1. The highest BCUT2D eigenvalue weighted by Crippen LogP contribution is 2.28. The normalized spacial score (nSPS) is 34.2. The molecular weight excluding hydrogens is 162 g/mol. The molecular formula is C11H21NO. The Bertz CT molecular complexity index is 169. The van der Waals surface area contributed by atoms with Gasteiger partial charge in [0.2, 0.25) is 5.91 Å². The first-order chi connectivity index (χ1) is 6.11. The zero-order valence-electron chi connectivity index (χ0n) is 8.97. The van der Waals surface area contributed by atoms with Gasteiger partial charge < -0.3 is 5.32 Å². The Balaban J connectivity index is 2.37. The van der Waals surface area contributed by atoms with Crippen molar-refractivity contribution < 1.29 is 4.79 Å². The zero-order valence-corrected chi connectivity index (χ0v) is 8.97. The average molecular weight is 183 g/mol. The summed E-state index contributed by atoms with van der Waals surface area (Å²) in [6.07, 6.45) is 4.25. The molecule has 1 aliphatic rings. The Kier molecular flexibility index (Phi) is 3.76. The molecule has 0 aliphatic heterocycles. The van der Waals surface area contributed by atoms with E-state index < -0.39 is 0 Å². The quantitative estimate of drug-likeness (QED) is 0.699. The van der Waals surface area contributed by atoms with Crippen molar-refractivity contribution in [1.82, 2.24) is 5.32 Å². The molecule has 13 heavy (non-hydrogen) atoms. The van der Waals surface area contributed by atoms with E-state index in [1.165, 1.54) is 6.42 Å². The van der Waals surface area contributed by atoms with Crippen LogP contribution in [0.25, 0.3) is 0 Å². The van der Waals surface area contributed by atoms with E-state index in [1.54, 1.807) is 0 Å². The minimum absolute atomic E-state index is 0.200. The van der Waals surface area contributed by atoms with Gasteiger partial charge in [-0.2, -0.15) is 0 Å². The molecule has 0 bridgehead atoms.